The van der Waals surface area contributed by atoms with Gasteiger partial charge in [0.05, 0.1) is 0 Å². The first-order valence-electron chi connectivity index (χ1n) is 16.8. The molecule has 2 nitrogen and oxygen atoms in total. The van der Waals surface area contributed by atoms with Gasteiger partial charge in [-0.1, -0.05) is 91.0 Å². The Labute approximate surface area is 295 Å². The fourth-order valence-electron chi connectivity index (χ4n) is 7.65. The van der Waals surface area contributed by atoms with E-state index in [-0.39, 0.29) is 0 Å². The van der Waals surface area contributed by atoms with Gasteiger partial charge in [0.15, 0.2) is 0 Å². The molecule has 0 aliphatic heterocycles. The van der Waals surface area contributed by atoms with Gasteiger partial charge in [0, 0.05) is 73.6 Å². The minimum atomic E-state index is 0.928. The second-order valence-corrected chi connectivity index (χ2v) is 15.1. The van der Waals surface area contributed by atoms with Crippen LogP contribution in [-0.4, -0.2) is 0 Å². The Morgan fingerprint density at radius 1 is 0.360 bits per heavy atom. The van der Waals surface area contributed by atoms with Crippen LogP contribution >= 0.6 is 22.7 Å². The van der Waals surface area contributed by atoms with E-state index in [9.17, 15) is 0 Å². The molecule has 0 saturated carbocycles. The van der Waals surface area contributed by atoms with Gasteiger partial charge in [0.25, 0.3) is 0 Å². The highest BCUT2D eigenvalue weighted by Crippen LogP contribution is 2.44. The first kappa shape index (κ1) is 28.0. The normalized spacial score (nSPS) is 12.0. The summed E-state index contributed by atoms with van der Waals surface area (Å²) in [5.41, 5.74) is 7.67. The van der Waals surface area contributed by atoms with Crippen molar-refractivity contribution in [2.24, 2.45) is 0 Å². The van der Waals surface area contributed by atoms with Gasteiger partial charge in [-0.2, -0.15) is 0 Å². The molecule has 50 heavy (non-hydrogen) atoms. The highest BCUT2D eigenvalue weighted by molar-refractivity contribution is 7.26. The summed E-state index contributed by atoms with van der Waals surface area (Å²) in [7, 11) is 0. The van der Waals surface area contributed by atoms with E-state index in [2.05, 4.69) is 157 Å². The molecular weight excluding hydrogens is 647 g/mol. The number of anilines is 3. The molecule has 0 amide bonds. The lowest BCUT2D eigenvalue weighted by molar-refractivity contribution is 0.672. The molecule has 0 aliphatic carbocycles. The molecule has 11 rings (SSSR count). The van der Waals surface area contributed by atoms with Crippen LogP contribution in [0.25, 0.3) is 84.2 Å². The Morgan fingerprint density at radius 2 is 0.880 bits per heavy atom. The smallest absolute Gasteiger partial charge is 0.143 e. The minimum absolute atomic E-state index is 0.928. The molecule has 3 heterocycles. The molecule has 0 bridgehead atoms. The van der Waals surface area contributed by atoms with Crippen LogP contribution in [0.5, 0.6) is 0 Å². The fraction of sp³-hybridized carbons (Fsp3) is 0. The summed E-state index contributed by atoms with van der Waals surface area (Å²) in [5.74, 6) is 0. The summed E-state index contributed by atoms with van der Waals surface area (Å²) in [5, 5.41) is 9.88. The topological polar surface area (TPSA) is 16.4 Å². The predicted octanol–water partition coefficient (Wildman–Crippen LogP) is 14.6. The van der Waals surface area contributed by atoms with Crippen LogP contribution < -0.4 is 4.90 Å². The Kier molecular flexibility index (Phi) is 6.03. The van der Waals surface area contributed by atoms with Crippen molar-refractivity contribution in [2.45, 2.75) is 0 Å². The monoisotopic (exact) mass is 673 g/mol. The van der Waals surface area contributed by atoms with Crippen molar-refractivity contribution in [3.8, 4) is 11.1 Å². The summed E-state index contributed by atoms with van der Waals surface area (Å²) in [6, 6.07) is 59.6. The van der Waals surface area contributed by atoms with Crippen LogP contribution in [0.2, 0.25) is 0 Å². The van der Waals surface area contributed by atoms with Gasteiger partial charge in [-0.15, -0.1) is 22.7 Å². The second-order valence-electron chi connectivity index (χ2n) is 12.9. The van der Waals surface area contributed by atoms with Gasteiger partial charge in [0.1, 0.15) is 11.2 Å². The summed E-state index contributed by atoms with van der Waals surface area (Å²) >= 11 is 3.72. The average molecular weight is 674 g/mol. The van der Waals surface area contributed by atoms with Crippen LogP contribution in [0, 0.1) is 0 Å². The van der Waals surface area contributed by atoms with Gasteiger partial charge in [0.2, 0.25) is 0 Å². The Balaban J connectivity index is 1.03. The van der Waals surface area contributed by atoms with Gasteiger partial charge in [-0.05, 0) is 89.3 Å². The number of hydrogen-bond donors (Lipinski definition) is 0. The minimum Gasteiger partial charge on any atom is -0.455 e. The first-order chi connectivity index (χ1) is 24.7. The van der Waals surface area contributed by atoms with E-state index < -0.39 is 0 Å². The molecular formula is C46H27NOS2. The van der Waals surface area contributed by atoms with Crippen molar-refractivity contribution in [3.05, 3.63) is 164 Å². The zero-order chi connectivity index (χ0) is 32.8. The zero-order valence-electron chi connectivity index (χ0n) is 26.8. The van der Waals surface area contributed by atoms with Gasteiger partial charge < -0.3 is 9.32 Å². The molecule has 11 aromatic rings. The van der Waals surface area contributed by atoms with E-state index in [1.807, 2.05) is 34.8 Å². The largest absolute Gasteiger partial charge is 0.455 e. The molecule has 4 heteroatoms. The average Bonchev–Trinajstić information content (AvgIpc) is 3.86. The van der Waals surface area contributed by atoms with Crippen LogP contribution in [0.3, 0.4) is 0 Å². The Morgan fingerprint density at radius 3 is 1.56 bits per heavy atom. The third-order valence-electron chi connectivity index (χ3n) is 10.1. The predicted molar refractivity (Wildman–Crippen MR) is 217 cm³/mol. The molecule has 234 valence electrons. The van der Waals surface area contributed by atoms with Gasteiger partial charge in [-0.25, -0.2) is 0 Å². The maximum absolute atomic E-state index is 6.32. The molecule has 0 spiro atoms. The van der Waals surface area contributed by atoms with E-state index in [1.54, 1.807) is 0 Å². The molecule has 0 aliphatic rings. The molecule has 0 N–H and O–H groups in total. The van der Waals surface area contributed by atoms with E-state index in [4.69, 9.17) is 4.42 Å². The van der Waals surface area contributed by atoms with Crippen molar-refractivity contribution in [1.82, 2.24) is 0 Å². The quantitative estimate of drug-likeness (QED) is 0.185. The SMILES string of the molecule is c1ccc2c(c1)oc1c3ccc(-c4ccc(N(c5ccc6c(c5)sc5ccccc56)c5ccc6c(c5)sc5ccccc56)cc4)cc3ccc21. The number of hydrogen-bond acceptors (Lipinski definition) is 4. The van der Waals surface area contributed by atoms with Gasteiger partial charge in [-0.3, -0.25) is 0 Å². The van der Waals surface area contributed by atoms with Gasteiger partial charge >= 0.3 is 0 Å². The van der Waals surface area contributed by atoms with E-state index >= 15 is 0 Å². The van der Waals surface area contributed by atoms with E-state index in [0.29, 0.717) is 0 Å². The lowest BCUT2D eigenvalue weighted by atomic mass is 9.99. The molecule has 0 saturated heterocycles. The third kappa shape index (κ3) is 4.26. The van der Waals surface area contributed by atoms with Crippen molar-refractivity contribution < 1.29 is 4.42 Å². The second kappa shape index (κ2) is 10.8. The number of furan rings is 1. The summed E-state index contributed by atoms with van der Waals surface area (Å²) in [6.07, 6.45) is 0. The maximum Gasteiger partial charge on any atom is 0.143 e. The molecule has 3 aromatic heterocycles. The van der Waals surface area contributed by atoms with E-state index in [0.717, 1.165) is 44.4 Å². The number of rotatable bonds is 4. The first-order valence-corrected chi connectivity index (χ1v) is 18.5. The molecule has 0 unspecified atom stereocenters. The summed E-state index contributed by atoms with van der Waals surface area (Å²) in [6.45, 7) is 0. The van der Waals surface area contributed by atoms with Crippen LogP contribution in [0.1, 0.15) is 0 Å². The van der Waals surface area contributed by atoms with Crippen LogP contribution in [0.15, 0.2) is 168 Å². The number of nitrogens with zero attached hydrogens (tertiary/aromatic N) is 1. The highest BCUT2D eigenvalue weighted by Gasteiger charge is 2.17. The Bertz CT molecular complexity index is 2990. The Hall–Kier alpha value is -5.94. The zero-order valence-corrected chi connectivity index (χ0v) is 28.4. The lowest BCUT2D eigenvalue weighted by Crippen LogP contribution is -2.09. The highest BCUT2D eigenvalue weighted by atomic mass is 32.1. The van der Waals surface area contributed by atoms with Crippen molar-refractivity contribution >= 4 is 113 Å². The number of fused-ring (bicyclic) bond motifs is 11. The van der Waals surface area contributed by atoms with E-state index in [1.165, 1.54) is 56.9 Å². The standard InChI is InChI=1S/C46H27NOS2/c1-4-10-41-35(7-1)40-22-16-30-25-29(15-21-34(30)46(40)48-41)28-13-17-31(18-14-28)47(32-19-23-38-36-8-2-5-11-42(36)49-44(38)26-32)33-20-24-39-37-9-3-6-12-43(37)50-45(39)27-33/h1-27H. The summed E-state index contributed by atoms with van der Waals surface area (Å²) in [4.78, 5) is 2.40. The fourth-order valence-corrected chi connectivity index (χ4v) is 9.93. The van der Waals surface area contributed by atoms with Crippen molar-refractivity contribution in [2.75, 3.05) is 4.90 Å². The maximum atomic E-state index is 6.32. The number of para-hydroxylation sites is 1. The molecule has 8 aromatic carbocycles. The van der Waals surface area contributed by atoms with Crippen LogP contribution in [0.4, 0.5) is 17.1 Å². The van der Waals surface area contributed by atoms with Crippen LogP contribution in [-0.2, 0) is 0 Å². The third-order valence-corrected chi connectivity index (χ3v) is 12.3. The van der Waals surface area contributed by atoms with Crippen molar-refractivity contribution in [1.29, 1.82) is 0 Å². The molecule has 0 radical (unpaired) electrons. The molecule has 0 fully saturated rings. The lowest BCUT2D eigenvalue weighted by Gasteiger charge is -2.26. The molecule has 0 atom stereocenters. The number of thiophene rings is 2. The van der Waals surface area contributed by atoms with Crippen molar-refractivity contribution in [3.63, 3.8) is 0 Å². The summed E-state index contributed by atoms with van der Waals surface area (Å²) < 4.78 is 11.5. The number of benzene rings is 8.